The summed E-state index contributed by atoms with van der Waals surface area (Å²) in [6.45, 7) is 3.51. The number of aromatic amines is 1. The standard InChI is InChI=1S/C14H16N2O2/c1-9(17)8-13-15-10(2)14(16-13)11-4-6-12(18-3)7-5-11/h4-7H,8H2,1-3H3,(H,15,16). The molecule has 94 valence electrons. The molecule has 1 N–H and O–H groups in total. The van der Waals surface area contributed by atoms with Gasteiger partial charge in [-0.15, -0.1) is 0 Å². The van der Waals surface area contributed by atoms with E-state index in [-0.39, 0.29) is 5.78 Å². The van der Waals surface area contributed by atoms with E-state index >= 15 is 0 Å². The number of Topliss-reactive ketones (excluding diaryl/α,β-unsaturated/α-hetero) is 1. The zero-order chi connectivity index (χ0) is 13.1. The van der Waals surface area contributed by atoms with Crippen molar-refractivity contribution >= 4 is 5.78 Å². The average molecular weight is 244 g/mol. The van der Waals surface area contributed by atoms with Gasteiger partial charge < -0.3 is 9.72 Å². The van der Waals surface area contributed by atoms with Gasteiger partial charge in [0.25, 0.3) is 0 Å². The number of hydrogen-bond acceptors (Lipinski definition) is 3. The van der Waals surface area contributed by atoms with E-state index in [1.54, 1.807) is 14.0 Å². The third-order valence-electron chi connectivity index (χ3n) is 2.71. The van der Waals surface area contributed by atoms with Crippen LogP contribution in [-0.2, 0) is 11.2 Å². The largest absolute Gasteiger partial charge is 0.497 e. The normalized spacial score (nSPS) is 10.4. The summed E-state index contributed by atoms with van der Waals surface area (Å²) in [6.07, 6.45) is 0.344. The molecule has 1 aromatic carbocycles. The van der Waals surface area contributed by atoms with Crippen LogP contribution < -0.4 is 4.74 Å². The lowest BCUT2D eigenvalue weighted by Crippen LogP contribution is -1.98. The first kappa shape index (κ1) is 12.4. The molecule has 1 aromatic heterocycles. The molecule has 0 aliphatic rings. The Hall–Kier alpha value is -2.10. The second kappa shape index (κ2) is 5.04. The van der Waals surface area contributed by atoms with Crippen molar-refractivity contribution in [3.63, 3.8) is 0 Å². The van der Waals surface area contributed by atoms with Crippen molar-refractivity contribution in [2.75, 3.05) is 7.11 Å². The van der Waals surface area contributed by atoms with E-state index < -0.39 is 0 Å². The summed E-state index contributed by atoms with van der Waals surface area (Å²) < 4.78 is 5.12. The molecule has 0 aliphatic heterocycles. The zero-order valence-electron chi connectivity index (χ0n) is 10.8. The molecular formula is C14H16N2O2. The second-order valence-electron chi connectivity index (χ2n) is 4.26. The number of hydrogen-bond donors (Lipinski definition) is 1. The third-order valence-corrected chi connectivity index (χ3v) is 2.71. The molecule has 2 aromatic rings. The Bertz CT molecular complexity index is 556. The number of carbonyl (C=O) groups is 1. The van der Waals surface area contributed by atoms with E-state index in [1.165, 1.54) is 0 Å². The van der Waals surface area contributed by atoms with Crippen molar-refractivity contribution < 1.29 is 9.53 Å². The lowest BCUT2D eigenvalue weighted by atomic mass is 10.1. The Morgan fingerprint density at radius 3 is 2.56 bits per heavy atom. The van der Waals surface area contributed by atoms with Crippen LogP contribution in [0.4, 0.5) is 0 Å². The Kier molecular flexibility index (Phi) is 3.46. The second-order valence-corrected chi connectivity index (χ2v) is 4.26. The molecule has 0 spiro atoms. The van der Waals surface area contributed by atoms with Gasteiger partial charge in [-0.25, -0.2) is 4.98 Å². The van der Waals surface area contributed by atoms with Gasteiger partial charge in [0.2, 0.25) is 0 Å². The van der Waals surface area contributed by atoms with Crippen LogP contribution in [0.3, 0.4) is 0 Å². The summed E-state index contributed by atoms with van der Waals surface area (Å²) in [5.74, 6) is 1.63. The van der Waals surface area contributed by atoms with Crippen molar-refractivity contribution in [3.8, 4) is 17.0 Å². The van der Waals surface area contributed by atoms with Crippen LogP contribution in [0, 0.1) is 6.92 Å². The molecule has 0 aliphatic carbocycles. The van der Waals surface area contributed by atoms with Crippen LogP contribution >= 0.6 is 0 Å². The quantitative estimate of drug-likeness (QED) is 0.899. The first-order valence-corrected chi connectivity index (χ1v) is 5.79. The van der Waals surface area contributed by atoms with Crippen LogP contribution in [0.2, 0.25) is 0 Å². The van der Waals surface area contributed by atoms with Crippen LogP contribution in [0.5, 0.6) is 5.75 Å². The lowest BCUT2D eigenvalue weighted by molar-refractivity contribution is -0.116. The highest BCUT2D eigenvalue weighted by Crippen LogP contribution is 2.23. The maximum Gasteiger partial charge on any atom is 0.137 e. The van der Waals surface area contributed by atoms with E-state index in [4.69, 9.17) is 4.74 Å². The number of ether oxygens (including phenoxy) is 1. The van der Waals surface area contributed by atoms with E-state index in [0.717, 1.165) is 22.7 Å². The van der Waals surface area contributed by atoms with Gasteiger partial charge in [0.05, 0.1) is 19.2 Å². The monoisotopic (exact) mass is 244 g/mol. The fraction of sp³-hybridized carbons (Fsp3) is 0.286. The number of carbonyl (C=O) groups excluding carboxylic acids is 1. The molecule has 0 bridgehead atoms. The van der Waals surface area contributed by atoms with Crippen molar-refractivity contribution in [1.82, 2.24) is 9.97 Å². The molecule has 0 radical (unpaired) electrons. The van der Waals surface area contributed by atoms with Crippen molar-refractivity contribution in [2.45, 2.75) is 20.3 Å². The molecule has 0 saturated carbocycles. The summed E-state index contributed by atoms with van der Waals surface area (Å²) in [7, 11) is 1.64. The predicted molar refractivity (Wildman–Crippen MR) is 69.7 cm³/mol. The Labute approximate surface area is 106 Å². The van der Waals surface area contributed by atoms with Crippen molar-refractivity contribution in [2.24, 2.45) is 0 Å². The van der Waals surface area contributed by atoms with Gasteiger partial charge in [-0.3, -0.25) is 4.79 Å². The molecule has 1 heterocycles. The number of ketones is 1. The molecule has 0 amide bonds. The summed E-state index contributed by atoms with van der Waals surface area (Å²) in [5.41, 5.74) is 2.87. The number of H-pyrrole nitrogens is 1. The molecule has 0 atom stereocenters. The highest BCUT2D eigenvalue weighted by molar-refractivity contribution is 5.77. The Morgan fingerprint density at radius 1 is 1.33 bits per heavy atom. The minimum Gasteiger partial charge on any atom is -0.497 e. The summed E-state index contributed by atoms with van der Waals surface area (Å²) >= 11 is 0. The van der Waals surface area contributed by atoms with E-state index in [1.807, 2.05) is 31.2 Å². The van der Waals surface area contributed by atoms with Gasteiger partial charge in [0.1, 0.15) is 17.4 Å². The summed E-state index contributed by atoms with van der Waals surface area (Å²) in [5, 5.41) is 0. The number of nitrogens with one attached hydrogen (secondary N) is 1. The van der Waals surface area contributed by atoms with Gasteiger partial charge in [0, 0.05) is 11.3 Å². The maximum absolute atomic E-state index is 11.1. The third kappa shape index (κ3) is 2.59. The van der Waals surface area contributed by atoms with Crippen molar-refractivity contribution in [1.29, 1.82) is 0 Å². The van der Waals surface area contributed by atoms with E-state index in [2.05, 4.69) is 9.97 Å². The van der Waals surface area contributed by atoms with Gasteiger partial charge in [-0.2, -0.15) is 0 Å². The molecule has 4 heteroatoms. The zero-order valence-corrected chi connectivity index (χ0v) is 10.8. The number of aromatic nitrogens is 2. The SMILES string of the molecule is COc1ccc(-c2nc(CC(C)=O)[nH]c2C)cc1. The maximum atomic E-state index is 11.1. The smallest absolute Gasteiger partial charge is 0.137 e. The Morgan fingerprint density at radius 2 is 2.00 bits per heavy atom. The summed E-state index contributed by atoms with van der Waals surface area (Å²) in [6, 6.07) is 7.71. The highest BCUT2D eigenvalue weighted by atomic mass is 16.5. The minimum atomic E-state index is 0.102. The number of benzene rings is 1. The number of aryl methyl sites for hydroxylation is 1. The van der Waals surface area contributed by atoms with Gasteiger partial charge in [0.15, 0.2) is 0 Å². The van der Waals surface area contributed by atoms with Crippen LogP contribution in [-0.4, -0.2) is 22.9 Å². The molecular weight excluding hydrogens is 228 g/mol. The van der Waals surface area contributed by atoms with Gasteiger partial charge in [-0.1, -0.05) is 0 Å². The fourth-order valence-corrected chi connectivity index (χ4v) is 1.87. The number of nitrogens with zero attached hydrogens (tertiary/aromatic N) is 1. The van der Waals surface area contributed by atoms with E-state index in [9.17, 15) is 4.79 Å². The highest BCUT2D eigenvalue weighted by Gasteiger charge is 2.10. The summed E-state index contributed by atoms with van der Waals surface area (Å²) in [4.78, 5) is 18.7. The lowest BCUT2D eigenvalue weighted by Gasteiger charge is -2.01. The molecule has 0 saturated heterocycles. The molecule has 2 rings (SSSR count). The topological polar surface area (TPSA) is 55.0 Å². The predicted octanol–water partition coefficient (Wildman–Crippen LogP) is 2.53. The fourth-order valence-electron chi connectivity index (χ4n) is 1.87. The number of methoxy groups -OCH3 is 1. The van der Waals surface area contributed by atoms with Crippen molar-refractivity contribution in [3.05, 3.63) is 35.8 Å². The number of imidazole rings is 1. The van der Waals surface area contributed by atoms with Crippen LogP contribution in [0.25, 0.3) is 11.3 Å². The number of rotatable bonds is 4. The van der Waals surface area contributed by atoms with Gasteiger partial charge >= 0.3 is 0 Å². The minimum absolute atomic E-state index is 0.102. The van der Waals surface area contributed by atoms with Crippen LogP contribution in [0.1, 0.15) is 18.4 Å². The average Bonchev–Trinajstić information content (AvgIpc) is 2.69. The van der Waals surface area contributed by atoms with Gasteiger partial charge in [-0.05, 0) is 38.1 Å². The molecule has 0 unspecified atom stereocenters. The van der Waals surface area contributed by atoms with E-state index in [0.29, 0.717) is 12.2 Å². The van der Waals surface area contributed by atoms with Crippen LogP contribution in [0.15, 0.2) is 24.3 Å². The Balaban J connectivity index is 2.31. The first-order valence-electron chi connectivity index (χ1n) is 5.79. The molecule has 0 fully saturated rings. The molecule has 18 heavy (non-hydrogen) atoms. The molecule has 4 nitrogen and oxygen atoms in total. The first-order chi connectivity index (χ1) is 8.60.